The number of benzene rings is 3. The fourth-order valence-electron chi connectivity index (χ4n) is 3.03. The van der Waals surface area contributed by atoms with E-state index >= 15 is 0 Å². The molecule has 0 fully saturated rings. The lowest BCUT2D eigenvalue weighted by molar-refractivity contribution is 0.102. The molecule has 156 valence electrons. The van der Waals surface area contributed by atoms with Crippen LogP contribution < -0.4 is 14.8 Å². The Bertz CT molecular complexity index is 1190. The molecule has 1 amide bonds. The number of aryl methyl sites for hydroxylation is 2. The van der Waals surface area contributed by atoms with Gasteiger partial charge in [-0.05, 0) is 67.4 Å². The van der Waals surface area contributed by atoms with Gasteiger partial charge in [0.1, 0.15) is 11.6 Å². The molecule has 6 nitrogen and oxygen atoms in total. The van der Waals surface area contributed by atoms with Gasteiger partial charge in [-0.3, -0.25) is 9.52 Å². The number of hydrogen-bond donors (Lipinski definition) is 2. The minimum Gasteiger partial charge on any atom is -0.495 e. The molecule has 0 aliphatic rings. The molecule has 0 atom stereocenters. The third kappa shape index (κ3) is 4.77. The van der Waals surface area contributed by atoms with Crippen molar-refractivity contribution in [2.45, 2.75) is 18.7 Å². The Labute approximate surface area is 174 Å². The summed E-state index contributed by atoms with van der Waals surface area (Å²) in [6.07, 6.45) is 0. The van der Waals surface area contributed by atoms with E-state index in [2.05, 4.69) is 10.0 Å². The molecule has 0 spiro atoms. The lowest BCUT2D eigenvalue weighted by Gasteiger charge is -2.14. The number of methoxy groups -OCH3 is 1. The van der Waals surface area contributed by atoms with Gasteiger partial charge < -0.3 is 10.1 Å². The van der Waals surface area contributed by atoms with Crippen molar-refractivity contribution in [3.05, 3.63) is 83.2 Å². The van der Waals surface area contributed by atoms with Crippen LogP contribution in [0.15, 0.2) is 65.6 Å². The predicted molar refractivity (Wildman–Crippen MR) is 114 cm³/mol. The van der Waals surface area contributed by atoms with Crippen LogP contribution in [0.1, 0.15) is 21.5 Å². The second-order valence-electron chi connectivity index (χ2n) is 6.78. The van der Waals surface area contributed by atoms with Gasteiger partial charge in [0.25, 0.3) is 15.9 Å². The van der Waals surface area contributed by atoms with E-state index in [1.54, 1.807) is 12.1 Å². The van der Waals surface area contributed by atoms with Gasteiger partial charge in [-0.1, -0.05) is 18.2 Å². The fraction of sp³-hybridized carbons (Fsp3) is 0.136. The van der Waals surface area contributed by atoms with E-state index in [0.29, 0.717) is 5.69 Å². The number of halogens is 1. The summed E-state index contributed by atoms with van der Waals surface area (Å²) in [7, 11) is -2.55. The summed E-state index contributed by atoms with van der Waals surface area (Å²) in [5.74, 6) is -1.16. The number of sulfonamides is 1. The fourth-order valence-corrected chi connectivity index (χ4v) is 4.10. The van der Waals surface area contributed by atoms with Crippen LogP contribution in [0.3, 0.4) is 0 Å². The van der Waals surface area contributed by atoms with E-state index in [9.17, 15) is 17.6 Å². The van der Waals surface area contributed by atoms with Gasteiger partial charge in [0, 0.05) is 5.69 Å². The maximum atomic E-state index is 13.9. The van der Waals surface area contributed by atoms with Gasteiger partial charge in [0.15, 0.2) is 0 Å². The van der Waals surface area contributed by atoms with E-state index in [-0.39, 0.29) is 21.9 Å². The Balaban J connectivity index is 1.93. The zero-order chi connectivity index (χ0) is 21.9. The van der Waals surface area contributed by atoms with Crippen LogP contribution in [0.5, 0.6) is 5.75 Å². The largest absolute Gasteiger partial charge is 0.495 e. The summed E-state index contributed by atoms with van der Waals surface area (Å²) in [5.41, 5.74) is 2.20. The summed E-state index contributed by atoms with van der Waals surface area (Å²) in [5, 5.41) is 2.52. The molecule has 3 aromatic carbocycles. The molecule has 0 aliphatic heterocycles. The van der Waals surface area contributed by atoms with Crippen molar-refractivity contribution in [2.75, 3.05) is 17.1 Å². The quantitative estimate of drug-likeness (QED) is 0.605. The highest BCUT2D eigenvalue weighted by molar-refractivity contribution is 7.92. The molecule has 0 saturated carbocycles. The third-order valence-electron chi connectivity index (χ3n) is 4.32. The standard InChI is InChI=1S/C22H21FN2O4S/c1-14-10-15(2)12-16(11-14)25-30(27,28)17-8-9-21(29-3)20(13-17)24-22(26)18-6-4-5-7-19(18)23/h4-13,25H,1-3H3,(H,24,26). The van der Waals surface area contributed by atoms with Crippen molar-refractivity contribution < 1.29 is 22.3 Å². The van der Waals surface area contributed by atoms with Crippen LogP contribution in [-0.2, 0) is 10.0 Å². The lowest BCUT2D eigenvalue weighted by atomic mass is 10.1. The maximum Gasteiger partial charge on any atom is 0.261 e. The normalized spacial score (nSPS) is 11.1. The molecule has 0 bridgehead atoms. The second-order valence-corrected chi connectivity index (χ2v) is 8.46. The molecule has 0 unspecified atom stereocenters. The molecule has 3 aromatic rings. The summed E-state index contributed by atoms with van der Waals surface area (Å²) >= 11 is 0. The number of hydrogen-bond acceptors (Lipinski definition) is 4. The van der Waals surface area contributed by atoms with Crippen molar-refractivity contribution in [3.63, 3.8) is 0 Å². The average molecular weight is 428 g/mol. The van der Waals surface area contributed by atoms with Gasteiger partial charge in [0.05, 0.1) is 23.3 Å². The van der Waals surface area contributed by atoms with Crippen LogP contribution in [0, 0.1) is 19.7 Å². The number of ether oxygens (including phenoxy) is 1. The molecule has 8 heteroatoms. The number of carbonyl (C=O) groups excluding carboxylic acids is 1. The van der Waals surface area contributed by atoms with Crippen LogP contribution in [0.2, 0.25) is 0 Å². The number of rotatable bonds is 6. The van der Waals surface area contributed by atoms with Crippen LogP contribution in [0.25, 0.3) is 0 Å². The summed E-state index contributed by atoms with van der Waals surface area (Å²) in [6.45, 7) is 3.74. The maximum absolute atomic E-state index is 13.9. The van der Waals surface area contributed by atoms with E-state index in [4.69, 9.17) is 4.74 Å². The topological polar surface area (TPSA) is 84.5 Å². The number of anilines is 2. The summed E-state index contributed by atoms with van der Waals surface area (Å²) < 4.78 is 47.4. The molecule has 2 N–H and O–H groups in total. The summed E-state index contributed by atoms with van der Waals surface area (Å²) in [4.78, 5) is 12.4. The first-order chi connectivity index (χ1) is 14.2. The van der Waals surface area contributed by atoms with Gasteiger partial charge in [-0.25, -0.2) is 12.8 Å². The smallest absolute Gasteiger partial charge is 0.261 e. The van der Waals surface area contributed by atoms with Gasteiger partial charge in [-0.2, -0.15) is 0 Å². The Morgan fingerprint density at radius 2 is 1.63 bits per heavy atom. The average Bonchev–Trinajstić information content (AvgIpc) is 2.67. The second kappa shape index (κ2) is 8.54. The highest BCUT2D eigenvalue weighted by Gasteiger charge is 2.19. The first kappa shape index (κ1) is 21.3. The molecule has 30 heavy (non-hydrogen) atoms. The Morgan fingerprint density at radius 3 is 2.27 bits per heavy atom. The molecule has 0 aliphatic carbocycles. The van der Waals surface area contributed by atoms with Crippen LogP contribution in [0.4, 0.5) is 15.8 Å². The molecular formula is C22H21FN2O4S. The molecule has 0 saturated heterocycles. The zero-order valence-corrected chi connectivity index (χ0v) is 17.5. The zero-order valence-electron chi connectivity index (χ0n) is 16.7. The van der Waals surface area contributed by atoms with Gasteiger partial charge in [0.2, 0.25) is 0 Å². The van der Waals surface area contributed by atoms with E-state index in [1.165, 1.54) is 49.6 Å². The van der Waals surface area contributed by atoms with E-state index < -0.39 is 21.7 Å². The first-order valence-electron chi connectivity index (χ1n) is 9.04. The number of nitrogens with one attached hydrogen (secondary N) is 2. The monoisotopic (exact) mass is 428 g/mol. The third-order valence-corrected chi connectivity index (χ3v) is 5.70. The van der Waals surface area contributed by atoms with Gasteiger partial charge in [-0.15, -0.1) is 0 Å². The van der Waals surface area contributed by atoms with Crippen LogP contribution in [-0.4, -0.2) is 21.4 Å². The Morgan fingerprint density at radius 1 is 0.967 bits per heavy atom. The highest BCUT2D eigenvalue weighted by atomic mass is 32.2. The molecule has 0 aromatic heterocycles. The van der Waals surface area contributed by atoms with Crippen molar-refractivity contribution in [1.82, 2.24) is 0 Å². The van der Waals surface area contributed by atoms with Crippen molar-refractivity contribution >= 4 is 27.3 Å². The van der Waals surface area contributed by atoms with Crippen molar-refractivity contribution in [1.29, 1.82) is 0 Å². The number of carbonyl (C=O) groups is 1. The molecular weight excluding hydrogens is 407 g/mol. The Hall–Kier alpha value is -3.39. The lowest BCUT2D eigenvalue weighted by Crippen LogP contribution is -2.16. The molecule has 0 radical (unpaired) electrons. The molecule has 3 rings (SSSR count). The van der Waals surface area contributed by atoms with Crippen molar-refractivity contribution in [2.24, 2.45) is 0 Å². The first-order valence-corrected chi connectivity index (χ1v) is 10.5. The predicted octanol–water partition coefficient (Wildman–Crippen LogP) is 4.50. The molecule has 0 heterocycles. The van der Waals surface area contributed by atoms with E-state index in [0.717, 1.165) is 11.1 Å². The SMILES string of the molecule is COc1ccc(S(=O)(=O)Nc2cc(C)cc(C)c2)cc1NC(=O)c1ccccc1F. The minimum atomic E-state index is -3.93. The van der Waals surface area contributed by atoms with Crippen LogP contribution >= 0.6 is 0 Å². The Kier molecular flexibility index (Phi) is 6.07. The van der Waals surface area contributed by atoms with Gasteiger partial charge >= 0.3 is 0 Å². The minimum absolute atomic E-state index is 0.0775. The van der Waals surface area contributed by atoms with Crippen molar-refractivity contribution in [3.8, 4) is 5.75 Å². The van der Waals surface area contributed by atoms with E-state index in [1.807, 2.05) is 19.9 Å². The number of amides is 1. The summed E-state index contributed by atoms with van der Waals surface area (Å²) in [6, 6.07) is 14.9. The highest BCUT2D eigenvalue weighted by Crippen LogP contribution is 2.29.